The molecule has 0 bridgehead atoms. The van der Waals surface area contributed by atoms with E-state index in [1.165, 1.54) is 14.3 Å². The Morgan fingerprint density at radius 3 is 1.33 bits per heavy atom. The number of hydrogen-bond donors (Lipinski definition) is 0. The summed E-state index contributed by atoms with van der Waals surface area (Å²) in [5.74, 6) is 0.918. The summed E-state index contributed by atoms with van der Waals surface area (Å²) >= 11 is 3.59. The van der Waals surface area contributed by atoms with Gasteiger partial charge in [0.25, 0.3) is 0 Å². The van der Waals surface area contributed by atoms with Crippen LogP contribution in [0.15, 0.2) is 335 Å². The fourth-order valence-electron chi connectivity index (χ4n) is 13.5. The minimum Gasteiger partial charge on any atom is -0.292 e. The summed E-state index contributed by atoms with van der Waals surface area (Å²) in [6.45, 7) is 0. The van der Waals surface area contributed by atoms with Crippen molar-refractivity contribution in [2.45, 2.75) is 0 Å². The standard InChI is InChI=1S/C46H29N5S.C42H26N6S/c1-2-11-36(12-3-1)51-40-16-7-6-15-39(40)50-46(51)33-19-17-30(18-20-33)34-9-8-10-35(29-34)43-42-41(31-21-25-47-26-22-31)44(32-23-27-48-28-24-32)52-45(42)37-13-4-5-14-38(37)49-43;1-2-15-33-32(14-1)42-39(38(29-12-8-18-43-25-29)41(49-42)30-13-9-19-44-26-30)40(48-33)28-11-7-10-27(22-28)31-23-36(34-16-3-5-20-45-34)47-37(24-31)35-17-4-6-21-46-35/h1-29H;1-26H. The average molecular weight is 1330 g/mol. The van der Waals surface area contributed by atoms with Crippen LogP contribution in [-0.4, -0.2) is 54.4 Å². The van der Waals surface area contributed by atoms with Crippen molar-refractivity contribution in [1.82, 2.24) is 54.4 Å². The predicted molar refractivity (Wildman–Crippen MR) is 413 cm³/mol. The van der Waals surface area contributed by atoms with Crippen LogP contribution in [0.4, 0.5) is 0 Å². The smallest absolute Gasteiger partial charge is 0.145 e. The van der Waals surface area contributed by atoms with Crippen LogP contribution in [0.5, 0.6) is 0 Å². The lowest BCUT2D eigenvalue weighted by Gasteiger charge is -2.13. The Morgan fingerprint density at radius 2 is 0.752 bits per heavy atom. The first-order valence-electron chi connectivity index (χ1n) is 33.1. The molecular weight excluding hydrogens is 1280 g/mol. The van der Waals surface area contributed by atoms with E-state index in [9.17, 15) is 0 Å². The first kappa shape index (κ1) is 60.2. The second-order valence-corrected chi connectivity index (χ2v) is 26.4. The minimum absolute atomic E-state index is 0.785. The molecule has 13 heteroatoms. The fourth-order valence-corrected chi connectivity index (χ4v) is 16.2. The average Bonchev–Trinajstić information content (AvgIpc) is 1.61. The van der Waals surface area contributed by atoms with E-state index >= 15 is 0 Å². The Balaban J connectivity index is 0.000000145. The van der Waals surface area contributed by atoms with E-state index < -0.39 is 0 Å². The van der Waals surface area contributed by atoms with Gasteiger partial charge in [-0.05, 0) is 155 Å². The molecular formula is C88H55N11S2. The molecule has 11 nitrogen and oxygen atoms in total. The highest BCUT2D eigenvalue weighted by atomic mass is 32.1. The topological polar surface area (TPSA) is 134 Å². The van der Waals surface area contributed by atoms with Crippen molar-refractivity contribution in [3.63, 3.8) is 0 Å². The van der Waals surface area contributed by atoms with Gasteiger partial charge >= 0.3 is 0 Å². The molecule has 0 aliphatic heterocycles. The number of hydrogen-bond acceptors (Lipinski definition) is 12. The lowest BCUT2D eigenvalue weighted by Crippen LogP contribution is -1.97. The number of aromatic nitrogens is 11. The van der Waals surface area contributed by atoms with Gasteiger partial charge in [0.05, 0.1) is 56.2 Å². The minimum atomic E-state index is 0.785. The third-order valence-corrected chi connectivity index (χ3v) is 20.7. The maximum atomic E-state index is 5.38. The first-order chi connectivity index (χ1) is 50.1. The third kappa shape index (κ3) is 11.4. The van der Waals surface area contributed by atoms with Gasteiger partial charge in [-0.2, -0.15) is 0 Å². The number of benzene rings is 7. The van der Waals surface area contributed by atoms with Gasteiger partial charge in [-0.25, -0.2) is 19.9 Å². The lowest BCUT2D eigenvalue weighted by atomic mass is 9.94. The van der Waals surface area contributed by atoms with E-state index in [4.69, 9.17) is 19.9 Å². The first-order valence-corrected chi connectivity index (χ1v) is 34.8. The molecule has 0 saturated carbocycles. The van der Waals surface area contributed by atoms with E-state index in [0.717, 1.165) is 166 Å². The predicted octanol–water partition coefficient (Wildman–Crippen LogP) is 22.3. The quantitative estimate of drug-likeness (QED) is 0.116. The molecule has 0 saturated heterocycles. The zero-order valence-electron chi connectivity index (χ0n) is 54.0. The molecule has 19 rings (SSSR count). The molecule has 0 atom stereocenters. The molecule has 0 radical (unpaired) electrons. The van der Waals surface area contributed by atoms with E-state index in [-0.39, 0.29) is 0 Å². The summed E-state index contributed by atoms with van der Waals surface area (Å²) < 4.78 is 4.64. The second-order valence-electron chi connectivity index (χ2n) is 24.3. The highest BCUT2D eigenvalue weighted by Gasteiger charge is 2.26. The van der Waals surface area contributed by atoms with Gasteiger partial charge < -0.3 is 0 Å². The van der Waals surface area contributed by atoms with E-state index in [1.807, 2.05) is 128 Å². The fraction of sp³-hybridized carbons (Fsp3) is 0. The van der Waals surface area contributed by atoms with Crippen LogP contribution in [0.1, 0.15) is 0 Å². The Labute approximate surface area is 588 Å². The Kier molecular flexibility index (Phi) is 15.7. The Hall–Kier alpha value is -13.2. The molecule has 0 fully saturated rings. The van der Waals surface area contributed by atoms with Crippen molar-refractivity contribution in [2.24, 2.45) is 0 Å². The number of nitrogens with zero attached hydrogens (tertiary/aromatic N) is 11. The number of fused-ring (bicyclic) bond motifs is 7. The number of pyridine rings is 9. The number of imidazole rings is 1. The van der Waals surface area contributed by atoms with Crippen LogP contribution in [0.3, 0.4) is 0 Å². The molecule has 0 spiro atoms. The molecule has 0 N–H and O–H groups in total. The van der Waals surface area contributed by atoms with Gasteiger partial charge in [0.15, 0.2) is 0 Å². The SMILES string of the molecule is c1ccc(-c2cc(-c3cccc(-c4nc5ccccc5c5sc(-c6cccnc6)c(-c6cccnc6)c45)c3)cc(-c3ccccn3)n2)nc1.c1ccc(-n2c(-c3ccc(-c4cccc(-c5nc6ccccc6c6sc(-c7ccncc7)c(-c7ccncc7)c56)c4)cc3)nc3ccccc32)cc1. The number of para-hydroxylation sites is 5. The molecule has 0 amide bonds. The maximum Gasteiger partial charge on any atom is 0.145 e. The van der Waals surface area contributed by atoms with Crippen LogP contribution in [0.2, 0.25) is 0 Å². The van der Waals surface area contributed by atoms with Crippen LogP contribution in [-0.2, 0) is 0 Å². The largest absolute Gasteiger partial charge is 0.292 e. The van der Waals surface area contributed by atoms with E-state index in [1.54, 1.807) is 23.7 Å². The second kappa shape index (κ2) is 26.3. The molecule has 0 aliphatic rings. The van der Waals surface area contributed by atoms with Gasteiger partial charge in [0.1, 0.15) is 5.82 Å². The summed E-state index contributed by atoms with van der Waals surface area (Å²) in [4.78, 5) is 50.0. The van der Waals surface area contributed by atoms with Crippen molar-refractivity contribution in [2.75, 3.05) is 0 Å². The summed E-state index contributed by atoms with van der Waals surface area (Å²) in [5.41, 5.74) is 24.2. The van der Waals surface area contributed by atoms with Gasteiger partial charge in [-0.15, -0.1) is 22.7 Å². The molecule has 0 aliphatic carbocycles. The Bertz CT molecular complexity index is 6180. The zero-order chi connectivity index (χ0) is 67.0. The summed E-state index contributed by atoms with van der Waals surface area (Å²) in [5, 5.41) is 4.52. The molecule has 12 heterocycles. The normalized spacial score (nSPS) is 11.4. The van der Waals surface area contributed by atoms with Crippen molar-refractivity contribution in [1.29, 1.82) is 0 Å². The zero-order valence-corrected chi connectivity index (χ0v) is 55.6. The van der Waals surface area contributed by atoms with Crippen molar-refractivity contribution in [3.05, 3.63) is 335 Å². The highest BCUT2D eigenvalue weighted by molar-refractivity contribution is 7.24. The van der Waals surface area contributed by atoms with Crippen LogP contribution >= 0.6 is 22.7 Å². The summed E-state index contributed by atoms with van der Waals surface area (Å²) in [7, 11) is 0. The van der Waals surface area contributed by atoms with Crippen molar-refractivity contribution in [3.8, 4) is 128 Å². The molecule has 7 aromatic carbocycles. The number of thiophene rings is 2. The Morgan fingerprint density at radius 1 is 0.267 bits per heavy atom. The monoisotopic (exact) mass is 1330 g/mol. The van der Waals surface area contributed by atoms with Gasteiger partial charge in [0, 0.05) is 147 Å². The highest BCUT2D eigenvalue weighted by Crippen LogP contribution is 2.52. The molecule has 101 heavy (non-hydrogen) atoms. The van der Waals surface area contributed by atoms with Crippen LogP contribution in [0, 0.1) is 0 Å². The van der Waals surface area contributed by atoms with Gasteiger partial charge in [-0.3, -0.25) is 34.5 Å². The van der Waals surface area contributed by atoms with E-state index in [0.29, 0.717) is 0 Å². The molecule has 0 unspecified atom stereocenters. The third-order valence-electron chi connectivity index (χ3n) is 18.2. The van der Waals surface area contributed by atoms with Gasteiger partial charge in [-0.1, -0.05) is 152 Å². The van der Waals surface area contributed by atoms with Crippen molar-refractivity contribution < 1.29 is 0 Å². The van der Waals surface area contributed by atoms with E-state index in [2.05, 4.69) is 241 Å². The molecule has 19 aromatic rings. The van der Waals surface area contributed by atoms with Crippen LogP contribution in [0.25, 0.3) is 181 Å². The van der Waals surface area contributed by atoms with Crippen LogP contribution < -0.4 is 0 Å². The summed E-state index contributed by atoms with van der Waals surface area (Å²) in [6, 6.07) is 94.2. The summed E-state index contributed by atoms with van der Waals surface area (Å²) in [6.07, 6.45) is 18.5. The maximum absolute atomic E-state index is 5.38. The van der Waals surface area contributed by atoms with Crippen molar-refractivity contribution >= 4 is 75.7 Å². The molecule has 12 aromatic heterocycles. The lowest BCUT2D eigenvalue weighted by molar-refractivity contribution is 1.10. The van der Waals surface area contributed by atoms with Gasteiger partial charge in [0.2, 0.25) is 0 Å². The number of rotatable bonds is 12. The molecule has 474 valence electrons.